The van der Waals surface area contributed by atoms with Gasteiger partial charge < -0.3 is 29.0 Å². The number of methoxy groups -OCH3 is 1. The zero-order valence-electron chi connectivity index (χ0n) is 31.2. The SMILES string of the molecule is CO[C@]1(C)C[C@@H](C)CN(C)[C@H](CN2CCN(C(C)(C)C)CC2)COC(=O)C(C)(C)C(=O)[C@H](C)[C@H]1O[C@@H]1O[C@H](C)C[C@H](N(C)C)[C@H]1O. The number of aliphatic hydroxyl groups is 1. The van der Waals surface area contributed by atoms with E-state index >= 15 is 0 Å². The number of carbonyl (C=O) groups excluding carboxylic acids is 2. The van der Waals surface area contributed by atoms with Gasteiger partial charge in [-0.2, -0.15) is 0 Å². The summed E-state index contributed by atoms with van der Waals surface area (Å²) in [7, 11) is 7.59. The minimum absolute atomic E-state index is 0.0345. The van der Waals surface area contributed by atoms with E-state index in [9.17, 15) is 14.7 Å². The first-order chi connectivity index (χ1) is 21.2. The Morgan fingerprint density at radius 3 is 2.20 bits per heavy atom. The Hall–Kier alpha value is -1.18. The molecule has 3 fully saturated rings. The van der Waals surface area contributed by atoms with Gasteiger partial charge >= 0.3 is 5.97 Å². The fourth-order valence-corrected chi connectivity index (χ4v) is 7.68. The maximum Gasteiger partial charge on any atom is 0.319 e. The topological polar surface area (TPSA) is 104 Å². The standard InChI is InChI=1S/C35H66N4O7/c1-23-19-35(9,43-13)30(46-31-28(40)27(36(10)11)18-24(2)45-31)25(3)29(41)34(7,8)32(42)44-22-26(37(12)20-23)21-38-14-16-39(17-15-38)33(4,5)6/h23-28,30-31,40H,14-22H2,1-13H3/t23-,24-,25+,26-,27+,28-,30-,31+,35-/m1/s1. The Labute approximate surface area is 279 Å². The third-order valence-corrected chi connectivity index (χ3v) is 10.8. The Morgan fingerprint density at radius 2 is 1.65 bits per heavy atom. The van der Waals surface area contributed by atoms with Crippen LogP contribution < -0.4 is 0 Å². The lowest BCUT2D eigenvalue weighted by Crippen LogP contribution is -2.59. The maximum absolute atomic E-state index is 14.2. The molecule has 0 aliphatic carbocycles. The minimum Gasteiger partial charge on any atom is -0.463 e. The van der Waals surface area contributed by atoms with E-state index in [0.717, 1.165) is 39.3 Å². The number of hydrogen-bond donors (Lipinski definition) is 1. The number of Topliss-reactive ketones (excluding diaryl/α,β-unsaturated/α-hetero) is 1. The molecule has 0 spiro atoms. The third-order valence-electron chi connectivity index (χ3n) is 10.8. The van der Waals surface area contributed by atoms with Gasteiger partial charge in [0, 0.05) is 63.9 Å². The van der Waals surface area contributed by atoms with Gasteiger partial charge in [-0.1, -0.05) is 13.8 Å². The molecule has 3 aliphatic rings. The molecule has 46 heavy (non-hydrogen) atoms. The van der Waals surface area contributed by atoms with Crippen molar-refractivity contribution in [2.45, 2.75) is 123 Å². The van der Waals surface area contributed by atoms with Crippen molar-refractivity contribution in [1.82, 2.24) is 19.6 Å². The second kappa shape index (κ2) is 15.6. The average Bonchev–Trinajstić information content (AvgIpc) is 2.97. The van der Waals surface area contributed by atoms with Crippen molar-refractivity contribution in [3.05, 3.63) is 0 Å². The van der Waals surface area contributed by atoms with E-state index in [4.69, 9.17) is 18.9 Å². The van der Waals surface area contributed by atoms with Crippen molar-refractivity contribution in [2.24, 2.45) is 17.3 Å². The molecule has 0 aromatic heterocycles. The number of aliphatic hydroxyl groups excluding tert-OH is 1. The maximum atomic E-state index is 14.2. The zero-order valence-corrected chi connectivity index (χ0v) is 31.2. The summed E-state index contributed by atoms with van der Waals surface area (Å²) in [5, 5.41) is 11.3. The van der Waals surface area contributed by atoms with E-state index in [1.165, 1.54) is 0 Å². The summed E-state index contributed by atoms with van der Waals surface area (Å²) in [6.07, 6.45) is -1.58. The lowest BCUT2D eigenvalue weighted by molar-refractivity contribution is -0.295. The molecule has 0 unspecified atom stereocenters. The molecule has 0 saturated carbocycles. The van der Waals surface area contributed by atoms with Crippen molar-refractivity contribution < 1.29 is 33.6 Å². The van der Waals surface area contributed by atoms with Crippen LogP contribution in [0.2, 0.25) is 0 Å². The summed E-state index contributed by atoms with van der Waals surface area (Å²) >= 11 is 0. The second-order valence-corrected chi connectivity index (χ2v) is 16.4. The van der Waals surface area contributed by atoms with Gasteiger partial charge in [0.05, 0.1) is 23.9 Å². The molecular weight excluding hydrogens is 588 g/mol. The summed E-state index contributed by atoms with van der Waals surface area (Å²) < 4.78 is 25.0. The van der Waals surface area contributed by atoms with E-state index in [1.54, 1.807) is 27.9 Å². The van der Waals surface area contributed by atoms with Crippen LogP contribution in [0.3, 0.4) is 0 Å². The molecule has 3 rings (SSSR count). The number of hydrogen-bond acceptors (Lipinski definition) is 11. The van der Waals surface area contributed by atoms with Crippen molar-refractivity contribution in [3.63, 3.8) is 0 Å². The normalized spacial score (nSPS) is 38.6. The minimum atomic E-state index is -1.41. The fourth-order valence-electron chi connectivity index (χ4n) is 7.68. The molecule has 3 saturated heterocycles. The van der Waals surface area contributed by atoms with Gasteiger partial charge in [0.1, 0.15) is 18.1 Å². The largest absolute Gasteiger partial charge is 0.463 e. The van der Waals surface area contributed by atoms with Crippen molar-refractivity contribution in [2.75, 3.05) is 74.1 Å². The highest BCUT2D eigenvalue weighted by atomic mass is 16.7. The zero-order chi connectivity index (χ0) is 34.8. The molecule has 0 aromatic carbocycles. The van der Waals surface area contributed by atoms with E-state index < -0.39 is 41.4 Å². The Kier molecular flexibility index (Phi) is 13.3. The number of nitrogens with zero attached hydrogens (tertiary/aromatic N) is 4. The number of cyclic esters (lactones) is 1. The van der Waals surface area contributed by atoms with Gasteiger partial charge in [0.25, 0.3) is 0 Å². The fraction of sp³-hybridized carbons (Fsp3) is 0.943. The van der Waals surface area contributed by atoms with Gasteiger partial charge in [-0.3, -0.25) is 24.3 Å². The van der Waals surface area contributed by atoms with E-state index in [1.807, 2.05) is 32.8 Å². The van der Waals surface area contributed by atoms with E-state index in [0.29, 0.717) is 12.8 Å². The highest BCUT2D eigenvalue weighted by Crippen LogP contribution is 2.38. The number of esters is 1. The van der Waals surface area contributed by atoms with Crippen molar-refractivity contribution in [3.8, 4) is 0 Å². The van der Waals surface area contributed by atoms with Crippen LogP contribution in [-0.2, 0) is 28.5 Å². The molecule has 3 heterocycles. The van der Waals surface area contributed by atoms with Crippen LogP contribution in [0.4, 0.5) is 0 Å². The Morgan fingerprint density at radius 1 is 1.04 bits per heavy atom. The van der Waals surface area contributed by atoms with Crippen LogP contribution >= 0.6 is 0 Å². The second-order valence-electron chi connectivity index (χ2n) is 16.4. The first-order valence-corrected chi connectivity index (χ1v) is 17.3. The quantitative estimate of drug-likeness (QED) is 0.338. The van der Waals surface area contributed by atoms with Gasteiger partial charge in [-0.05, 0) is 88.4 Å². The molecule has 0 bridgehead atoms. The summed E-state index contributed by atoms with van der Waals surface area (Å²) in [5.74, 6) is -1.43. The molecule has 9 atom stereocenters. The molecule has 3 aliphatic heterocycles. The predicted molar refractivity (Wildman–Crippen MR) is 180 cm³/mol. The van der Waals surface area contributed by atoms with E-state index in [2.05, 4.69) is 49.4 Å². The molecule has 1 N–H and O–H groups in total. The van der Waals surface area contributed by atoms with E-state index in [-0.39, 0.29) is 42.0 Å². The summed E-state index contributed by atoms with van der Waals surface area (Å²) in [5.41, 5.74) is -2.19. The molecule has 11 heteroatoms. The van der Waals surface area contributed by atoms with Gasteiger partial charge in [0.15, 0.2) is 12.1 Å². The third kappa shape index (κ3) is 9.28. The van der Waals surface area contributed by atoms with Crippen LogP contribution in [0, 0.1) is 17.3 Å². The first-order valence-electron chi connectivity index (χ1n) is 17.3. The number of carbonyl (C=O) groups is 2. The molecular formula is C35H66N4O7. The van der Waals surface area contributed by atoms with Crippen LogP contribution in [0.25, 0.3) is 0 Å². The molecule has 0 amide bonds. The Balaban J connectivity index is 1.91. The number of ketones is 1. The molecule has 0 aromatic rings. The lowest BCUT2D eigenvalue weighted by atomic mass is 9.74. The molecule has 268 valence electrons. The van der Waals surface area contributed by atoms with Crippen molar-refractivity contribution in [1.29, 1.82) is 0 Å². The van der Waals surface area contributed by atoms with Gasteiger partial charge in [-0.25, -0.2) is 0 Å². The summed E-state index contributed by atoms with van der Waals surface area (Å²) in [4.78, 5) is 37.1. The smallest absolute Gasteiger partial charge is 0.319 e. The van der Waals surface area contributed by atoms with Crippen LogP contribution in [0.1, 0.15) is 75.2 Å². The highest BCUT2D eigenvalue weighted by Gasteiger charge is 2.51. The molecule has 11 nitrogen and oxygen atoms in total. The number of ether oxygens (including phenoxy) is 4. The monoisotopic (exact) mass is 654 g/mol. The number of likely N-dealkylation sites (N-methyl/N-ethyl adjacent to an activating group) is 2. The highest BCUT2D eigenvalue weighted by molar-refractivity contribution is 6.04. The summed E-state index contributed by atoms with van der Waals surface area (Å²) in [6, 6.07) is -0.205. The summed E-state index contributed by atoms with van der Waals surface area (Å²) in [6.45, 7) is 23.6. The first kappa shape index (κ1) is 39.3. The van der Waals surface area contributed by atoms with Crippen LogP contribution in [-0.4, -0.2) is 158 Å². The van der Waals surface area contributed by atoms with Crippen molar-refractivity contribution >= 4 is 11.8 Å². The van der Waals surface area contributed by atoms with Gasteiger partial charge in [0.2, 0.25) is 0 Å². The number of rotatable bonds is 6. The van der Waals surface area contributed by atoms with Gasteiger partial charge in [-0.15, -0.1) is 0 Å². The average molecular weight is 655 g/mol. The Bertz CT molecular complexity index is 1010. The van der Waals surface area contributed by atoms with Crippen LogP contribution in [0.5, 0.6) is 0 Å². The number of piperazine rings is 1. The predicted octanol–water partition coefficient (Wildman–Crippen LogP) is 2.73. The van der Waals surface area contributed by atoms with Crippen LogP contribution in [0.15, 0.2) is 0 Å². The molecule has 0 radical (unpaired) electrons. The lowest BCUT2D eigenvalue weighted by Gasteiger charge is -2.47.